The summed E-state index contributed by atoms with van der Waals surface area (Å²) in [7, 11) is 2.16. The first-order chi connectivity index (χ1) is 17.6. The van der Waals surface area contributed by atoms with Gasteiger partial charge in [-0.05, 0) is 71.1 Å². The molecule has 1 atom stereocenters. The second-order valence-electron chi connectivity index (χ2n) is 10.1. The number of hydrogen-bond acceptors (Lipinski definition) is 9. The van der Waals surface area contributed by atoms with Crippen LogP contribution in [0.2, 0.25) is 0 Å². The molecule has 9 nitrogen and oxygen atoms in total. The average molecular weight is 524 g/mol. The summed E-state index contributed by atoms with van der Waals surface area (Å²) < 4.78 is 15.7. The molecule has 2 aromatic carbocycles. The molecule has 1 unspecified atom stereocenters. The van der Waals surface area contributed by atoms with E-state index in [1.54, 1.807) is 19.9 Å². The van der Waals surface area contributed by atoms with E-state index in [0.29, 0.717) is 16.7 Å². The highest BCUT2D eigenvalue weighted by Gasteiger charge is 2.25. The lowest BCUT2D eigenvalue weighted by molar-refractivity contribution is 0.208. The number of aliphatic hydroxyl groups excluding tert-OH is 1. The van der Waals surface area contributed by atoms with Gasteiger partial charge in [0.1, 0.15) is 5.82 Å². The Hall–Kier alpha value is -2.89. The van der Waals surface area contributed by atoms with Crippen molar-refractivity contribution in [3.63, 3.8) is 0 Å². The number of aliphatic hydroxyl groups is 1. The predicted molar refractivity (Wildman–Crippen MR) is 151 cm³/mol. The molecule has 10 heteroatoms. The molecule has 2 heterocycles. The molecule has 1 saturated heterocycles. The monoisotopic (exact) mass is 523 g/mol. The smallest absolute Gasteiger partial charge is 0.229 e. The molecule has 1 aliphatic rings. The van der Waals surface area contributed by atoms with Gasteiger partial charge in [-0.25, -0.2) is 4.98 Å². The van der Waals surface area contributed by atoms with Crippen LogP contribution in [0.25, 0.3) is 0 Å². The maximum Gasteiger partial charge on any atom is 0.229 e. The summed E-state index contributed by atoms with van der Waals surface area (Å²) in [4.78, 5) is 14.7. The van der Waals surface area contributed by atoms with Crippen LogP contribution in [0.3, 0.4) is 0 Å². The van der Waals surface area contributed by atoms with Gasteiger partial charge in [-0.15, -0.1) is 4.72 Å². The highest BCUT2D eigenvalue weighted by Crippen LogP contribution is 2.26. The molecule has 0 bridgehead atoms. The van der Waals surface area contributed by atoms with Crippen LogP contribution in [-0.2, 0) is 11.4 Å². The van der Waals surface area contributed by atoms with E-state index in [-0.39, 0.29) is 6.61 Å². The van der Waals surface area contributed by atoms with Crippen molar-refractivity contribution in [2.24, 2.45) is 0 Å². The van der Waals surface area contributed by atoms with E-state index in [4.69, 9.17) is 4.98 Å². The standard InChI is InChI=1S/C27H37N7O2S/c1-19-20(2)28-26(30-21-9-11-23(12-10-21)34-15-13-33(5)14-16-34)31-25(19)29-22-7-6-8-24(17-22)37(36)32-27(3,4)18-35/h6-12,17,32,35H,13-16,18H2,1-5H3,(H2,28,29,30,31). The Morgan fingerprint density at radius 3 is 2.35 bits per heavy atom. The minimum absolute atomic E-state index is 0.121. The summed E-state index contributed by atoms with van der Waals surface area (Å²) in [5, 5.41) is 16.2. The molecule has 0 radical (unpaired) electrons. The quantitative estimate of drug-likeness (QED) is 0.312. The minimum Gasteiger partial charge on any atom is -0.593 e. The van der Waals surface area contributed by atoms with E-state index >= 15 is 0 Å². The lowest BCUT2D eigenvalue weighted by Crippen LogP contribution is -2.46. The molecule has 0 aliphatic carbocycles. The first-order valence-electron chi connectivity index (χ1n) is 12.5. The molecule has 4 N–H and O–H groups in total. The van der Waals surface area contributed by atoms with Gasteiger partial charge in [0, 0.05) is 60.6 Å². The first kappa shape index (κ1) is 27.2. The van der Waals surface area contributed by atoms with Crippen LogP contribution in [0, 0.1) is 13.8 Å². The first-order valence-corrected chi connectivity index (χ1v) is 13.6. The molecule has 0 amide bonds. The normalized spacial score (nSPS) is 15.5. The van der Waals surface area contributed by atoms with Crippen LogP contribution in [0.15, 0.2) is 53.4 Å². The summed E-state index contributed by atoms with van der Waals surface area (Å²) in [6, 6.07) is 15.7. The molecular formula is C27H37N7O2S. The van der Waals surface area contributed by atoms with Gasteiger partial charge in [-0.2, -0.15) is 4.98 Å². The fraction of sp³-hybridized carbons (Fsp3) is 0.407. The molecule has 4 rings (SSSR count). The largest absolute Gasteiger partial charge is 0.593 e. The van der Waals surface area contributed by atoms with Crippen LogP contribution >= 0.6 is 0 Å². The number of rotatable bonds is 9. The Bertz CT molecular complexity index is 1200. The number of aryl methyl sites for hydroxylation is 1. The molecule has 1 aliphatic heterocycles. The van der Waals surface area contributed by atoms with Gasteiger partial charge >= 0.3 is 0 Å². The Labute approximate surface area is 222 Å². The zero-order chi connectivity index (χ0) is 26.6. The zero-order valence-corrected chi connectivity index (χ0v) is 23.0. The van der Waals surface area contributed by atoms with Crippen molar-refractivity contribution in [3.05, 3.63) is 59.8 Å². The summed E-state index contributed by atoms with van der Waals surface area (Å²) in [6.07, 6.45) is 0. The maximum atomic E-state index is 12.8. The SMILES string of the molecule is Cc1nc(Nc2ccc(N3CCN(C)CC3)cc2)nc(Nc2cccc([S+]([O-])NC(C)(C)CO)c2)c1C. The third kappa shape index (κ3) is 7.12. The van der Waals surface area contributed by atoms with Gasteiger partial charge < -0.3 is 30.1 Å². The Balaban J connectivity index is 1.47. The van der Waals surface area contributed by atoms with E-state index in [2.05, 4.69) is 61.5 Å². The summed E-state index contributed by atoms with van der Waals surface area (Å²) in [5.41, 5.74) is 4.04. The minimum atomic E-state index is -1.47. The van der Waals surface area contributed by atoms with Crippen LogP contribution in [0.5, 0.6) is 0 Å². The number of aromatic nitrogens is 2. The Morgan fingerprint density at radius 1 is 0.973 bits per heavy atom. The number of likely N-dealkylation sites (N-methyl/N-ethyl adjacent to an activating group) is 1. The van der Waals surface area contributed by atoms with Gasteiger partial charge in [0.25, 0.3) is 0 Å². The van der Waals surface area contributed by atoms with Gasteiger partial charge in [-0.3, -0.25) is 0 Å². The third-order valence-corrected chi connectivity index (χ3v) is 7.88. The number of anilines is 5. The van der Waals surface area contributed by atoms with Crippen LogP contribution in [-0.4, -0.2) is 69.9 Å². The Kier molecular flexibility index (Phi) is 8.56. The van der Waals surface area contributed by atoms with E-state index in [0.717, 1.165) is 48.8 Å². The summed E-state index contributed by atoms with van der Waals surface area (Å²) >= 11 is -1.47. The zero-order valence-electron chi connectivity index (χ0n) is 22.2. The van der Waals surface area contributed by atoms with Gasteiger partial charge in [0.05, 0.1) is 23.5 Å². The van der Waals surface area contributed by atoms with Crippen molar-refractivity contribution in [1.29, 1.82) is 0 Å². The lowest BCUT2D eigenvalue weighted by Gasteiger charge is -2.34. The van der Waals surface area contributed by atoms with E-state index in [1.165, 1.54) is 5.69 Å². The third-order valence-electron chi connectivity index (χ3n) is 6.46. The van der Waals surface area contributed by atoms with Crippen molar-refractivity contribution in [2.45, 2.75) is 38.1 Å². The van der Waals surface area contributed by atoms with Gasteiger partial charge in [0.15, 0.2) is 4.90 Å². The van der Waals surface area contributed by atoms with Crippen molar-refractivity contribution >= 4 is 40.2 Å². The highest BCUT2D eigenvalue weighted by atomic mass is 32.2. The average Bonchev–Trinajstić information content (AvgIpc) is 2.88. The number of benzene rings is 2. The molecule has 3 aromatic rings. The van der Waals surface area contributed by atoms with Gasteiger partial charge in [0.2, 0.25) is 5.95 Å². The van der Waals surface area contributed by atoms with Crippen molar-refractivity contribution in [3.8, 4) is 0 Å². The highest BCUT2D eigenvalue weighted by molar-refractivity contribution is 7.89. The number of nitrogens with zero attached hydrogens (tertiary/aromatic N) is 4. The molecule has 1 aromatic heterocycles. The molecular weight excluding hydrogens is 486 g/mol. The second kappa shape index (κ2) is 11.7. The summed E-state index contributed by atoms with van der Waals surface area (Å²) in [5.74, 6) is 1.18. The van der Waals surface area contributed by atoms with Crippen molar-refractivity contribution in [2.75, 3.05) is 55.4 Å². The number of hydrogen-bond donors (Lipinski definition) is 4. The maximum absolute atomic E-state index is 12.8. The molecule has 198 valence electrons. The van der Waals surface area contributed by atoms with E-state index in [9.17, 15) is 9.66 Å². The van der Waals surface area contributed by atoms with Gasteiger partial charge in [-0.1, -0.05) is 6.07 Å². The second-order valence-corrected chi connectivity index (χ2v) is 11.3. The van der Waals surface area contributed by atoms with Crippen LogP contribution < -0.4 is 20.3 Å². The fourth-order valence-electron chi connectivity index (χ4n) is 3.92. The predicted octanol–water partition coefficient (Wildman–Crippen LogP) is 3.72. The molecule has 1 fully saturated rings. The van der Waals surface area contributed by atoms with Crippen molar-refractivity contribution < 1.29 is 9.66 Å². The van der Waals surface area contributed by atoms with E-state index in [1.807, 2.05) is 32.0 Å². The van der Waals surface area contributed by atoms with Crippen LogP contribution in [0.1, 0.15) is 25.1 Å². The lowest BCUT2D eigenvalue weighted by atomic mass is 10.1. The molecule has 0 saturated carbocycles. The topological polar surface area (TPSA) is 112 Å². The number of piperazine rings is 1. The summed E-state index contributed by atoms with van der Waals surface area (Å²) in [6.45, 7) is 11.6. The van der Waals surface area contributed by atoms with Crippen molar-refractivity contribution in [1.82, 2.24) is 19.6 Å². The molecule has 0 spiro atoms. The molecule has 37 heavy (non-hydrogen) atoms. The van der Waals surface area contributed by atoms with E-state index < -0.39 is 16.9 Å². The Morgan fingerprint density at radius 2 is 1.68 bits per heavy atom. The fourth-order valence-corrected chi connectivity index (χ4v) is 5.04. The van der Waals surface area contributed by atoms with Crippen LogP contribution in [0.4, 0.5) is 28.8 Å². The number of nitrogens with one attached hydrogen (secondary N) is 3.